The molecule has 1 heterocycles. The van der Waals surface area contributed by atoms with Gasteiger partial charge in [-0.2, -0.15) is 0 Å². The molecule has 0 aliphatic carbocycles. The van der Waals surface area contributed by atoms with Crippen molar-refractivity contribution in [1.82, 2.24) is 9.97 Å². The highest BCUT2D eigenvalue weighted by atomic mass is 35.5. The number of anilines is 2. The molecule has 0 bridgehead atoms. The zero-order chi connectivity index (χ0) is 15.2. The normalized spacial score (nSPS) is 10.3. The van der Waals surface area contributed by atoms with Gasteiger partial charge in [-0.3, -0.25) is 0 Å². The van der Waals surface area contributed by atoms with E-state index in [2.05, 4.69) is 15.3 Å². The van der Waals surface area contributed by atoms with E-state index < -0.39 is 0 Å². The number of benzene rings is 1. The van der Waals surface area contributed by atoms with Crippen molar-refractivity contribution >= 4 is 23.2 Å². The largest absolute Gasteiger partial charge is 0.490 e. The molecule has 0 spiro atoms. The summed E-state index contributed by atoms with van der Waals surface area (Å²) in [5.74, 6) is 2.10. The van der Waals surface area contributed by atoms with Crippen molar-refractivity contribution in [3.8, 4) is 5.75 Å². The number of aromatic nitrogens is 2. The standard InChI is InChI=1S/C15H19ClN4O/c1-4-17-14-13(21-3)15(19-10-18-14)20(2)9-11-5-7-12(16)8-6-11/h5-8,10H,4,9H2,1-3H3,(H,17,18,19). The van der Waals surface area contributed by atoms with Gasteiger partial charge in [0.1, 0.15) is 6.33 Å². The first-order chi connectivity index (χ1) is 10.2. The molecule has 0 aliphatic heterocycles. The molecular weight excluding hydrogens is 288 g/mol. The van der Waals surface area contributed by atoms with E-state index in [1.54, 1.807) is 7.11 Å². The van der Waals surface area contributed by atoms with Gasteiger partial charge in [-0.1, -0.05) is 23.7 Å². The van der Waals surface area contributed by atoms with Gasteiger partial charge >= 0.3 is 0 Å². The highest BCUT2D eigenvalue weighted by molar-refractivity contribution is 6.30. The van der Waals surface area contributed by atoms with Gasteiger partial charge in [-0.25, -0.2) is 9.97 Å². The maximum atomic E-state index is 5.91. The van der Waals surface area contributed by atoms with Gasteiger partial charge in [-0.15, -0.1) is 0 Å². The van der Waals surface area contributed by atoms with Crippen LogP contribution < -0.4 is 15.0 Å². The van der Waals surface area contributed by atoms with E-state index in [0.717, 1.165) is 22.9 Å². The highest BCUT2D eigenvalue weighted by Crippen LogP contribution is 2.31. The first-order valence-corrected chi connectivity index (χ1v) is 7.12. The second-order valence-electron chi connectivity index (χ2n) is 4.59. The number of hydrogen-bond acceptors (Lipinski definition) is 5. The summed E-state index contributed by atoms with van der Waals surface area (Å²) < 4.78 is 5.46. The maximum Gasteiger partial charge on any atom is 0.204 e. The third-order valence-corrected chi connectivity index (χ3v) is 3.28. The molecule has 112 valence electrons. The Labute approximate surface area is 129 Å². The summed E-state index contributed by atoms with van der Waals surface area (Å²) in [6.07, 6.45) is 1.54. The van der Waals surface area contributed by atoms with Crippen LogP contribution in [0.1, 0.15) is 12.5 Å². The minimum atomic E-state index is 0.649. The predicted molar refractivity (Wildman–Crippen MR) is 86.3 cm³/mol. The first kappa shape index (κ1) is 15.4. The summed E-state index contributed by atoms with van der Waals surface area (Å²) in [4.78, 5) is 10.6. The predicted octanol–water partition coefficient (Wildman–Crippen LogP) is 3.21. The van der Waals surface area contributed by atoms with E-state index in [-0.39, 0.29) is 0 Å². The third kappa shape index (κ3) is 3.76. The summed E-state index contributed by atoms with van der Waals surface area (Å²) in [6, 6.07) is 7.76. The van der Waals surface area contributed by atoms with Crippen LogP contribution >= 0.6 is 11.6 Å². The number of ether oxygens (including phenoxy) is 1. The highest BCUT2D eigenvalue weighted by Gasteiger charge is 2.15. The summed E-state index contributed by atoms with van der Waals surface area (Å²) in [5, 5.41) is 3.91. The Bertz CT molecular complexity index is 589. The Hall–Kier alpha value is -2.01. The number of methoxy groups -OCH3 is 1. The summed E-state index contributed by atoms with van der Waals surface area (Å²) in [5.41, 5.74) is 1.15. The summed E-state index contributed by atoms with van der Waals surface area (Å²) in [6.45, 7) is 3.49. The van der Waals surface area contributed by atoms with Crippen molar-refractivity contribution in [3.63, 3.8) is 0 Å². The molecule has 2 rings (SSSR count). The van der Waals surface area contributed by atoms with Crippen LogP contribution in [0.25, 0.3) is 0 Å². The molecule has 6 heteroatoms. The van der Waals surface area contributed by atoms with Crippen LogP contribution in [-0.4, -0.2) is 30.7 Å². The van der Waals surface area contributed by atoms with Crippen LogP contribution in [0.2, 0.25) is 5.02 Å². The van der Waals surface area contributed by atoms with Crippen LogP contribution in [0.5, 0.6) is 5.75 Å². The Kier molecular flexibility index (Phi) is 5.22. The smallest absolute Gasteiger partial charge is 0.204 e. The van der Waals surface area contributed by atoms with E-state index in [9.17, 15) is 0 Å². The molecule has 0 unspecified atom stereocenters. The van der Waals surface area contributed by atoms with Gasteiger partial charge in [0.2, 0.25) is 5.75 Å². The fourth-order valence-corrected chi connectivity index (χ4v) is 2.18. The average Bonchev–Trinajstić information content (AvgIpc) is 2.49. The molecule has 0 saturated heterocycles. The maximum absolute atomic E-state index is 5.91. The Morgan fingerprint density at radius 3 is 2.57 bits per heavy atom. The van der Waals surface area contributed by atoms with Gasteiger partial charge in [0.15, 0.2) is 11.6 Å². The van der Waals surface area contributed by atoms with Crippen molar-refractivity contribution in [1.29, 1.82) is 0 Å². The van der Waals surface area contributed by atoms with Crippen LogP contribution in [-0.2, 0) is 6.54 Å². The van der Waals surface area contributed by atoms with Gasteiger partial charge in [0, 0.05) is 25.2 Å². The minimum absolute atomic E-state index is 0.649. The monoisotopic (exact) mass is 306 g/mol. The number of nitrogens with one attached hydrogen (secondary N) is 1. The SMILES string of the molecule is CCNc1ncnc(N(C)Cc2ccc(Cl)cc2)c1OC. The van der Waals surface area contributed by atoms with E-state index >= 15 is 0 Å². The van der Waals surface area contributed by atoms with Gasteiger partial charge in [-0.05, 0) is 24.6 Å². The van der Waals surface area contributed by atoms with Crippen LogP contribution in [0.15, 0.2) is 30.6 Å². The second kappa shape index (κ2) is 7.13. The molecular formula is C15H19ClN4O. The van der Waals surface area contributed by atoms with E-state index in [1.807, 2.05) is 43.1 Å². The van der Waals surface area contributed by atoms with Crippen LogP contribution in [0, 0.1) is 0 Å². The Morgan fingerprint density at radius 1 is 1.24 bits per heavy atom. The fraction of sp³-hybridized carbons (Fsp3) is 0.333. The van der Waals surface area contributed by atoms with Gasteiger partial charge < -0.3 is 15.0 Å². The molecule has 1 N–H and O–H groups in total. The lowest BCUT2D eigenvalue weighted by atomic mass is 10.2. The number of halogens is 1. The topological polar surface area (TPSA) is 50.3 Å². The molecule has 0 aliphatic rings. The quantitative estimate of drug-likeness (QED) is 0.888. The zero-order valence-corrected chi connectivity index (χ0v) is 13.2. The zero-order valence-electron chi connectivity index (χ0n) is 12.4. The average molecular weight is 307 g/mol. The molecule has 0 atom stereocenters. The first-order valence-electron chi connectivity index (χ1n) is 6.74. The molecule has 0 fully saturated rings. The number of nitrogens with zero attached hydrogens (tertiary/aromatic N) is 3. The minimum Gasteiger partial charge on any atom is -0.490 e. The van der Waals surface area contributed by atoms with Crippen molar-refractivity contribution in [3.05, 3.63) is 41.2 Å². The summed E-state index contributed by atoms with van der Waals surface area (Å²) >= 11 is 5.91. The lowest BCUT2D eigenvalue weighted by Gasteiger charge is -2.21. The van der Waals surface area contributed by atoms with Gasteiger partial charge in [0.25, 0.3) is 0 Å². The van der Waals surface area contributed by atoms with E-state index in [4.69, 9.17) is 16.3 Å². The molecule has 0 saturated carbocycles. The third-order valence-electron chi connectivity index (χ3n) is 3.03. The van der Waals surface area contributed by atoms with Crippen LogP contribution in [0.3, 0.4) is 0 Å². The molecule has 0 amide bonds. The van der Waals surface area contributed by atoms with Crippen molar-refractivity contribution in [2.45, 2.75) is 13.5 Å². The molecule has 1 aromatic heterocycles. The second-order valence-corrected chi connectivity index (χ2v) is 5.03. The van der Waals surface area contributed by atoms with Crippen molar-refractivity contribution < 1.29 is 4.74 Å². The van der Waals surface area contributed by atoms with E-state index in [1.165, 1.54) is 6.33 Å². The van der Waals surface area contributed by atoms with Crippen LogP contribution in [0.4, 0.5) is 11.6 Å². The molecule has 21 heavy (non-hydrogen) atoms. The molecule has 0 radical (unpaired) electrons. The lowest BCUT2D eigenvalue weighted by Crippen LogP contribution is -2.19. The summed E-state index contributed by atoms with van der Waals surface area (Å²) in [7, 11) is 3.59. The lowest BCUT2D eigenvalue weighted by molar-refractivity contribution is 0.412. The van der Waals surface area contributed by atoms with Gasteiger partial charge in [0.05, 0.1) is 7.11 Å². The van der Waals surface area contributed by atoms with Crippen molar-refractivity contribution in [2.75, 3.05) is 30.9 Å². The molecule has 1 aromatic carbocycles. The molecule has 2 aromatic rings. The number of rotatable bonds is 6. The Balaban J connectivity index is 2.23. The molecule has 5 nitrogen and oxygen atoms in total. The van der Waals surface area contributed by atoms with E-state index in [0.29, 0.717) is 18.1 Å². The number of hydrogen-bond donors (Lipinski definition) is 1. The Morgan fingerprint density at radius 2 is 1.95 bits per heavy atom. The fourth-order valence-electron chi connectivity index (χ4n) is 2.06. The van der Waals surface area contributed by atoms with Crippen molar-refractivity contribution in [2.24, 2.45) is 0 Å².